The first-order valence-corrected chi connectivity index (χ1v) is 6.71. The monoisotopic (exact) mass is 338 g/mol. The highest BCUT2D eigenvalue weighted by Crippen LogP contribution is 2.14. The molecule has 0 aliphatic heterocycles. The van der Waals surface area contributed by atoms with E-state index in [1.54, 1.807) is 38.2 Å². The van der Waals surface area contributed by atoms with Crippen molar-refractivity contribution in [3.05, 3.63) is 41.2 Å². The average molecular weight is 339 g/mol. The third-order valence-corrected chi connectivity index (χ3v) is 3.11. The smallest absolute Gasteiger partial charge is 0.254 e. The van der Waals surface area contributed by atoms with Crippen LogP contribution in [0.15, 0.2) is 28.8 Å². The van der Waals surface area contributed by atoms with Gasteiger partial charge in [0.1, 0.15) is 5.76 Å². The molecule has 0 aliphatic carbocycles. The van der Waals surface area contributed by atoms with Gasteiger partial charge in [0.2, 0.25) is 5.91 Å². The van der Waals surface area contributed by atoms with Crippen LogP contribution in [-0.4, -0.2) is 35.5 Å². The van der Waals surface area contributed by atoms with Crippen LogP contribution in [0.25, 0.3) is 0 Å². The summed E-state index contributed by atoms with van der Waals surface area (Å²) in [6, 6.07) is 6.70. The van der Waals surface area contributed by atoms with Crippen LogP contribution >= 0.6 is 12.4 Å². The summed E-state index contributed by atoms with van der Waals surface area (Å²) < 4.78 is 4.86. The normalized spacial score (nSPS) is 9.87. The number of halogens is 1. The van der Waals surface area contributed by atoms with Gasteiger partial charge in [0, 0.05) is 24.4 Å². The Morgan fingerprint density at radius 2 is 2.00 bits per heavy atom. The predicted octanol–water partition coefficient (Wildman–Crippen LogP) is 2.01. The van der Waals surface area contributed by atoms with Gasteiger partial charge >= 0.3 is 0 Å². The van der Waals surface area contributed by atoms with Crippen LogP contribution in [0.1, 0.15) is 21.7 Å². The molecule has 0 atom stereocenters. The van der Waals surface area contributed by atoms with Crippen molar-refractivity contribution < 1.29 is 14.1 Å². The molecule has 0 aliphatic rings. The lowest BCUT2D eigenvalue weighted by atomic mass is 10.1. The molecule has 0 radical (unpaired) electrons. The van der Waals surface area contributed by atoms with Crippen molar-refractivity contribution in [1.82, 2.24) is 10.1 Å². The van der Waals surface area contributed by atoms with Crippen molar-refractivity contribution in [3.63, 3.8) is 0 Å². The maximum absolute atomic E-state index is 12.4. The van der Waals surface area contributed by atoms with Crippen molar-refractivity contribution in [3.8, 4) is 0 Å². The second kappa shape index (κ2) is 7.64. The van der Waals surface area contributed by atoms with Crippen LogP contribution in [0, 0.1) is 13.8 Å². The number of hydrogen-bond donors (Lipinski definition) is 2. The summed E-state index contributed by atoms with van der Waals surface area (Å²) in [6.45, 7) is 3.44. The van der Waals surface area contributed by atoms with E-state index in [1.165, 1.54) is 4.90 Å². The summed E-state index contributed by atoms with van der Waals surface area (Å²) in [6.07, 6.45) is 0. The Morgan fingerprint density at radius 1 is 1.30 bits per heavy atom. The minimum absolute atomic E-state index is 0. The number of anilines is 2. The molecule has 1 aromatic heterocycles. The quantitative estimate of drug-likeness (QED) is 0.830. The number of aromatic nitrogens is 1. The Balaban J connectivity index is 0.00000264. The fraction of sp³-hybridized carbons (Fsp3) is 0.267. The minimum atomic E-state index is -0.356. The van der Waals surface area contributed by atoms with Gasteiger partial charge in [-0.3, -0.25) is 9.59 Å². The van der Waals surface area contributed by atoms with E-state index in [9.17, 15) is 9.59 Å². The molecule has 23 heavy (non-hydrogen) atoms. The third-order valence-electron chi connectivity index (χ3n) is 3.11. The van der Waals surface area contributed by atoms with Gasteiger partial charge in [-0.2, -0.15) is 0 Å². The van der Waals surface area contributed by atoms with E-state index in [1.807, 2.05) is 6.92 Å². The Kier molecular flexibility index (Phi) is 6.15. The molecular weight excluding hydrogens is 320 g/mol. The van der Waals surface area contributed by atoms with Gasteiger partial charge in [-0.05, 0) is 31.5 Å². The summed E-state index contributed by atoms with van der Waals surface area (Å²) in [5.41, 5.74) is 7.49. The lowest BCUT2D eigenvalue weighted by Gasteiger charge is -2.17. The Bertz CT molecular complexity index is 714. The molecule has 1 heterocycles. The Morgan fingerprint density at radius 3 is 2.61 bits per heavy atom. The number of amides is 2. The summed E-state index contributed by atoms with van der Waals surface area (Å²) in [4.78, 5) is 25.6. The average Bonchev–Trinajstić information content (AvgIpc) is 2.85. The van der Waals surface area contributed by atoms with Crippen LogP contribution in [0.3, 0.4) is 0 Å². The minimum Gasteiger partial charge on any atom is -0.399 e. The van der Waals surface area contributed by atoms with Crippen LogP contribution in [0.2, 0.25) is 0 Å². The second-order valence-electron chi connectivity index (χ2n) is 5.11. The number of nitrogens with one attached hydrogen (secondary N) is 1. The second-order valence-corrected chi connectivity index (χ2v) is 5.11. The van der Waals surface area contributed by atoms with Crippen molar-refractivity contribution in [1.29, 1.82) is 0 Å². The van der Waals surface area contributed by atoms with E-state index in [0.717, 1.165) is 5.56 Å². The SMILES string of the molecule is Cc1cc(NC(=O)CN(C)C(=O)c2cc(N)ccc2C)no1.Cl. The Hall–Kier alpha value is -2.54. The van der Waals surface area contributed by atoms with Crippen molar-refractivity contribution in [2.75, 3.05) is 24.6 Å². The lowest BCUT2D eigenvalue weighted by molar-refractivity contribution is -0.116. The first-order valence-electron chi connectivity index (χ1n) is 6.71. The first-order chi connectivity index (χ1) is 10.4. The number of benzene rings is 1. The summed E-state index contributed by atoms with van der Waals surface area (Å²) in [5.74, 6) is 0.292. The molecule has 2 amide bonds. The van der Waals surface area contributed by atoms with Crippen molar-refractivity contribution in [2.45, 2.75) is 13.8 Å². The molecule has 8 heteroatoms. The highest BCUT2D eigenvalue weighted by atomic mass is 35.5. The highest BCUT2D eigenvalue weighted by Gasteiger charge is 2.17. The van der Waals surface area contributed by atoms with Gasteiger partial charge in [-0.1, -0.05) is 11.2 Å². The van der Waals surface area contributed by atoms with E-state index in [-0.39, 0.29) is 30.8 Å². The molecule has 0 saturated heterocycles. The summed E-state index contributed by atoms with van der Waals surface area (Å²) in [5, 5.41) is 6.23. The predicted molar refractivity (Wildman–Crippen MR) is 89.7 cm³/mol. The van der Waals surface area contributed by atoms with E-state index < -0.39 is 0 Å². The zero-order valence-corrected chi connectivity index (χ0v) is 13.9. The fourth-order valence-electron chi connectivity index (χ4n) is 1.97. The number of carbonyl (C=O) groups is 2. The molecule has 124 valence electrons. The lowest BCUT2D eigenvalue weighted by Crippen LogP contribution is -2.35. The van der Waals surface area contributed by atoms with Crippen LogP contribution in [0.5, 0.6) is 0 Å². The molecule has 2 rings (SSSR count). The number of hydrogen-bond acceptors (Lipinski definition) is 5. The maximum atomic E-state index is 12.4. The molecule has 3 N–H and O–H groups in total. The molecule has 0 fully saturated rings. The van der Waals surface area contributed by atoms with Gasteiger partial charge in [-0.15, -0.1) is 12.4 Å². The molecule has 7 nitrogen and oxygen atoms in total. The third kappa shape index (κ3) is 4.72. The first kappa shape index (κ1) is 18.5. The zero-order chi connectivity index (χ0) is 16.3. The number of nitrogens with zero attached hydrogens (tertiary/aromatic N) is 2. The number of nitrogen functional groups attached to an aromatic ring is 1. The van der Waals surface area contributed by atoms with Crippen LogP contribution < -0.4 is 11.1 Å². The van der Waals surface area contributed by atoms with Gasteiger partial charge in [0.25, 0.3) is 5.91 Å². The van der Waals surface area contributed by atoms with E-state index in [0.29, 0.717) is 22.8 Å². The fourth-order valence-corrected chi connectivity index (χ4v) is 1.97. The van der Waals surface area contributed by atoms with Crippen LogP contribution in [-0.2, 0) is 4.79 Å². The molecule has 0 unspecified atom stereocenters. The van der Waals surface area contributed by atoms with Gasteiger partial charge in [-0.25, -0.2) is 0 Å². The summed E-state index contributed by atoms with van der Waals surface area (Å²) >= 11 is 0. The summed E-state index contributed by atoms with van der Waals surface area (Å²) in [7, 11) is 1.55. The van der Waals surface area contributed by atoms with E-state index >= 15 is 0 Å². The molecule has 0 saturated carbocycles. The Labute approximate surface area is 140 Å². The molecule has 0 bridgehead atoms. The van der Waals surface area contributed by atoms with Gasteiger partial charge in [0.15, 0.2) is 5.82 Å². The number of nitrogens with two attached hydrogens (primary N) is 1. The molecular formula is C15H19ClN4O3. The van der Waals surface area contributed by atoms with Gasteiger partial charge < -0.3 is 20.5 Å². The topological polar surface area (TPSA) is 101 Å². The molecule has 2 aromatic rings. The van der Waals surface area contributed by atoms with Crippen molar-refractivity contribution >= 4 is 35.7 Å². The molecule has 0 spiro atoms. The maximum Gasteiger partial charge on any atom is 0.254 e. The number of likely N-dealkylation sites (N-methyl/N-ethyl adjacent to an activating group) is 1. The standard InChI is InChI=1S/C15H18N4O3.ClH/c1-9-4-5-11(16)7-12(9)15(21)19(3)8-14(20)17-13-6-10(2)22-18-13;/h4-7H,8,16H2,1-3H3,(H,17,18,20);1H. The zero-order valence-electron chi connectivity index (χ0n) is 13.1. The van der Waals surface area contributed by atoms with Gasteiger partial charge in [0.05, 0.1) is 6.54 Å². The molecule has 1 aromatic carbocycles. The highest BCUT2D eigenvalue weighted by molar-refractivity contribution is 6.00. The number of carbonyl (C=O) groups excluding carboxylic acids is 2. The number of aryl methyl sites for hydroxylation is 2. The van der Waals surface area contributed by atoms with Crippen molar-refractivity contribution in [2.24, 2.45) is 0 Å². The number of rotatable bonds is 4. The van der Waals surface area contributed by atoms with E-state index in [4.69, 9.17) is 10.3 Å². The van der Waals surface area contributed by atoms with E-state index in [2.05, 4.69) is 10.5 Å². The largest absolute Gasteiger partial charge is 0.399 e. The van der Waals surface area contributed by atoms with Crippen LogP contribution in [0.4, 0.5) is 11.5 Å².